The number of nitrogens with one attached hydrogen (secondary N) is 1. The number of amides is 1. The molecule has 146 valence electrons. The second-order valence-electron chi connectivity index (χ2n) is 5.77. The van der Waals surface area contributed by atoms with Gasteiger partial charge in [-0.25, -0.2) is 17.2 Å². The van der Waals surface area contributed by atoms with E-state index in [4.69, 9.17) is 4.74 Å². The first-order valence-electron chi connectivity index (χ1n) is 8.10. The van der Waals surface area contributed by atoms with Crippen molar-refractivity contribution in [2.45, 2.75) is 18.7 Å². The summed E-state index contributed by atoms with van der Waals surface area (Å²) in [5.74, 6) is -2.20. The molecule has 0 aliphatic rings. The van der Waals surface area contributed by atoms with Gasteiger partial charge in [0.2, 0.25) is 15.9 Å². The molecule has 0 radical (unpaired) electrons. The Balaban J connectivity index is 2.15. The first-order chi connectivity index (χ1) is 12.7. The van der Waals surface area contributed by atoms with Gasteiger partial charge < -0.3 is 10.1 Å². The number of anilines is 1. The highest BCUT2D eigenvalue weighted by atomic mass is 32.2. The predicted octanol–water partition coefficient (Wildman–Crippen LogP) is 2.93. The summed E-state index contributed by atoms with van der Waals surface area (Å²) in [4.78, 5) is 12.0. The van der Waals surface area contributed by atoms with Crippen LogP contribution in [0.3, 0.4) is 0 Å². The number of nitrogens with zero attached hydrogens (tertiary/aromatic N) is 1. The Bertz CT molecular complexity index is 928. The van der Waals surface area contributed by atoms with Crippen molar-refractivity contribution in [2.75, 3.05) is 25.5 Å². The van der Waals surface area contributed by atoms with Gasteiger partial charge in [0.1, 0.15) is 23.1 Å². The number of sulfonamides is 1. The second kappa shape index (κ2) is 8.45. The topological polar surface area (TPSA) is 75.7 Å². The highest BCUT2D eigenvalue weighted by Crippen LogP contribution is 2.24. The molecule has 0 spiro atoms. The Morgan fingerprint density at radius 3 is 2.37 bits per heavy atom. The Kier molecular flexibility index (Phi) is 6.50. The molecule has 1 amide bonds. The van der Waals surface area contributed by atoms with Crippen LogP contribution in [-0.2, 0) is 14.8 Å². The molecule has 0 aromatic heterocycles. The molecule has 0 fully saturated rings. The minimum atomic E-state index is -3.97. The zero-order chi connectivity index (χ0) is 20.2. The van der Waals surface area contributed by atoms with Gasteiger partial charge in [-0.15, -0.1) is 0 Å². The maximum Gasteiger partial charge on any atom is 0.243 e. The lowest BCUT2D eigenvalue weighted by Crippen LogP contribution is -2.35. The van der Waals surface area contributed by atoms with E-state index in [1.165, 1.54) is 25.2 Å². The van der Waals surface area contributed by atoms with Gasteiger partial charge in [0.25, 0.3) is 0 Å². The summed E-state index contributed by atoms with van der Waals surface area (Å²) in [7, 11) is -2.76. The summed E-state index contributed by atoms with van der Waals surface area (Å²) in [6.45, 7) is 3.36. The van der Waals surface area contributed by atoms with Gasteiger partial charge in [0.15, 0.2) is 0 Å². The van der Waals surface area contributed by atoms with Crippen LogP contribution in [0, 0.1) is 18.6 Å². The van der Waals surface area contributed by atoms with E-state index in [0.29, 0.717) is 17.9 Å². The first kappa shape index (κ1) is 20.8. The molecule has 0 bridgehead atoms. The molecule has 0 saturated heterocycles. The van der Waals surface area contributed by atoms with Gasteiger partial charge in [-0.05, 0) is 49.7 Å². The summed E-state index contributed by atoms with van der Waals surface area (Å²) in [6, 6.07) is 7.48. The number of aryl methyl sites for hydroxylation is 1. The highest BCUT2D eigenvalue weighted by Gasteiger charge is 2.24. The minimum Gasteiger partial charge on any atom is -0.494 e. The van der Waals surface area contributed by atoms with Crippen molar-refractivity contribution in [3.05, 3.63) is 53.6 Å². The van der Waals surface area contributed by atoms with E-state index in [0.717, 1.165) is 22.5 Å². The highest BCUT2D eigenvalue weighted by molar-refractivity contribution is 7.89. The summed E-state index contributed by atoms with van der Waals surface area (Å²) >= 11 is 0. The number of ether oxygens (including phenoxy) is 1. The fraction of sp³-hybridized carbons (Fsp3) is 0.278. The largest absolute Gasteiger partial charge is 0.494 e. The number of benzene rings is 2. The van der Waals surface area contributed by atoms with E-state index in [1.807, 2.05) is 6.92 Å². The molecule has 0 aliphatic carbocycles. The molecule has 0 heterocycles. The fourth-order valence-corrected chi connectivity index (χ4v) is 3.58. The van der Waals surface area contributed by atoms with E-state index in [-0.39, 0.29) is 4.90 Å². The summed E-state index contributed by atoms with van der Waals surface area (Å²) < 4.78 is 58.6. The van der Waals surface area contributed by atoms with Crippen LogP contribution in [0.25, 0.3) is 0 Å². The maximum absolute atomic E-state index is 13.6. The third-order valence-electron chi connectivity index (χ3n) is 3.75. The quantitative estimate of drug-likeness (QED) is 0.778. The smallest absolute Gasteiger partial charge is 0.243 e. The van der Waals surface area contributed by atoms with E-state index < -0.39 is 39.8 Å². The third-order valence-corrected chi connectivity index (χ3v) is 5.55. The lowest BCUT2D eigenvalue weighted by atomic mass is 10.2. The lowest BCUT2D eigenvalue weighted by molar-refractivity contribution is -0.116. The number of carbonyl (C=O) groups is 1. The van der Waals surface area contributed by atoms with Gasteiger partial charge in [-0.2, -0.15) is 4.31 Å². The molecule has 2 rings (SSSR count). The van der Waals surface area contributed by atoms with Crippen molar-refractivity contribution < 1.29 is 26.7 Å². The molecule has 9 heteroatoms. The van der Waals surface area contributed by atoms with E-state index in [1.54, 1.807) is 6.92 Å². The number of hydrogen-bond acceptors (Lipinski definition) is 4. The van der Waals surface area contributed by atoms with Crippen molar-refractivity contribution in [3.63, 3.8) is 0 Å². The second-order valence-corrected chi connectivity index (χ2v) is 7.81. The molecule has 0 saturated carbocycles. The number of carbonyl (C=O) groups excluding carboxylic acids is 1. The number of halogens is 2. The SMILES string of the molecule is CCOc1ccc(S(=O)(=O)N(C)CC(=O)Nc2c(F)cccc2F)cc1C. The van der Waals surface area contributed by atoms with Crippen molar-refractivity contribution in [3.8, 4) is 5.75 Å². The van der Waals surface area contributed by atoms with E-state index >= 15 is 0 Å². The average molecular weight is 398 g/mol. The van der Waals surface area contributed by atoms with Crippen LogP contribution in [0.15, 0.2) is 41.3 Å². The van der Waals surface area contributed by atoms with Crippen LogP contribution >= 0.6 is 0 Å². The van der Waals surface area contributed by atoms with Gasteiger partial charge in [-0.1, -0.05) is 6.07 Å². The molecule has 2 aromatic carbocycles. The minimum absolute atomic E-state index is 0.0178. The van der Waals surface area contributed by atoms with Crippen LogP contribution in [0.1, 0.15) is 12.5 Å². The van der Waals surface area contributed by atoms with Crippen LogP contribution in [-0.4, -0.2) is 38.8 Å². The number of rotatable bonds is 7. The molecule has 27 heavy (non-hydrogen) atoms. The normalized spacial score (nSPS) is 11.5. The Hall–Kier alpha value is -2.52. The lowest BCUT2D eigenvalue weighted by Gasteiger charge is -2.18. The van der Waals surface area contributed by atoms with E-state index in [9.17, 15) is 22.0 Å². The Morgan fingerprint density at radius 1 is 1.19 bits per heavy atom. The van der Waals surface area contributed by atoms with Crippen molar-refractivity contribution in [2.24, 2.45) is 0 Å². The maximum atomic E-state index is 13.6. The van der Waals surface area contributed by atoms with Gasteiger partial charge in [0, 0.05) is 7.05 Å². The van der Waals surface area contributed by atoms with Gasteiger partial charge >= 0.3 is 0 Å². The number of hydrogen-bond donors (Lipinski definition) is 1. The molecular formula is C18H20F2N2O4S. The van der Waals surface area contributed by atoms with Gasteiger partial charge in [-0.3, -0.25) is 4.79 Å². The molecule has 0 atom stereocenters. The number of para-hydroxylation sites is 1. The predicted molar refractivity (Wildman–Crippen MR) is 97.2 cm³/mol. The van der Waals surface area contributed by atoms with Crippen molar-refractivity contribution in [1.82, 2.24) is 4.31 Å². The molecule has 1 N–H and O–H groups in total. The zero-order valence-electron chi connectivity index (χ0n) is 15.1. The Labute approximate surface area is 156 Å². The van der Waals surface area contributed by atoms with Crippen LogP contribution in [0.2, 0.25) is 0 Å². The standard InChI is InChI=1S/C18H20F2N2O4S/c1-4-26-16-9-8-13(10-12(16)2)27(24,25)22(3)11-17(23)21-18-14(19)6-5-7-15(18)20/h5-10H,4,11H2,1-3H3,(H,21,23). The summed E-state index contributed by atoms with van der Waals surface area (Å²) in [5.41, 5.74) is 0.00872. The molecule has 6 nitrogen and oxygen atoms in total. The fourth-order valence-electron chi connectivity index (χ4n) is 2.36. The molecule has 0 aliphatic heterocycles. The van der Waals surface area contributed by atoms with Gasteiger partial charge in [0.05, 0.1) is 18.0 Å². The summed E-state index contributed by atoms with van der Waals surface area (Å²) in [6.07, 6.45) is 0. The van der Waals surface area contributed by atoms with Crippen LogP contribution in [0.4, 0.5) is 14.5 Å². The Morgan fingerprint density at radius 2 is 1.81 bits per heavy atom. The van der Waals surface area contributed by atoms with Crippen molar-refractivity contribution >= 4 is 21.6 Å². The monoisotopic (exact) mass is 398 g/mol. The van der Waals surface area contributed by atoms with Crippen molar-refractivity contribution in [1.29, 1.82) is 0 Å². The first-order valence-corrected chi connectivity index (χ1v) is 9.54. The molecule has 2 aromatic rings. The third kappa shape index (κ3) is 4.81. The van der Waals surface area contributed by atoms with Crippen LogP contribution in [0.5, 0.6) is 5.75 Å². The van der Waals surface area contributed by atoms with E-state index in [2.05, 4.69) is 5.32 Å². The molecular weight excluding hydrogens is 378 g/mol. The average Bonchev–Trinajstić information content (AvgIpc) is 2.60. The molecule has 0 unspecified atom stereocenters. The number of likely N-dealkylation sites (N-methyl/N-ethyl adjacent to an activating group) is 1. The van der Waals surface area contributed by atoms with Crippen LogP contribution < -0.4 is 10.1 Å². The zero-order valence-corrected chi connectivity index (χ0v) is 15.9. The summed E-state index contributed by atoms with van der Waals surface area (Å²) in [5, 5.41) is 2.06.